The SMILES string of the molecule is CCCNCCOCCOCCC(C)(C)C. The zero-order chi connectivity index (χ0) is 12.3. The van der Waals surface area contributed by atoms with Gasteiger partial charge in [-0.1, -0.05) is 27.7 Å². The fourth-order valence-corrected chi connectivity index (χ4v) is 1.15. The molecule has 0 saturated carbocycles. The molecular formula is C13H29NO2. The molecule has 0 heterocycles. The third-order valence-electron chi connectivity index (χ3n) is 2.22. The van der Waals surface area contributed by atoms with E-state index in [0.717, 1.165) is 32.7 Å². The van der Waals surface area contributed by atoms with E-state index in [2.05, 4.69) is 33.0 Å². The van der Waals surface area contributed by atoms with Crippen LogP contribution in [0.3, 0.4) is 0 Å². The normalized spacial score (nSPS) is 12.0. The van der Waals surface area contributed by atoms with Gasteiger partial charge < -0.3 is 14.8 Å². The molecule has 0 amide bonds. The van der Waals surface area contributed by atoms with Gasteiger partial charge in [0.25, 0.3) is 0 Å². The lowest BCUT2D eigenvalue weighted by molar-refractivity contribution is 0.0398. The van der Waals surface area contributed by atoms with Gasteiger partial charge in [0, 0.05) is 13.2 Å². The predicted octanol–water partition coefficient (Wildman–Crippen LogP) is 2.46. The first kappa shape index (κ1) is 15.9. The summed E-state index contributed by atoms with van der Waals surface area (Å²) in [4.78, 5) is 0. The molecule has 98 valence electrons. The van der Waals surface area contributed by atoms with Crippen LogP contribution >= 0.6 is 0 Å². The Kier molecular flexibility index (Phi) is 9.99. The molecule has 0 aromatic carbocycles. The highest BCUT2D eigenvalue weighted by Crippen LogP contribution is 2.17. The molecule has 0 aliphatic rings. The molecule has 0 aromatic rings. The molecule has 0 aromatic heterocycles. The molecule has 0 radical (unpaired) electrons. The Bertz CT molecular complexity index is 143. The largest absolute Gasteiger partial charge is 0.379 e. The average Bonchev–Trinajstić information content (AvgIpc) is 2.19. The van der Waals surface area contributed by atoms with Crippen molar-refractivity contribution in [3.05, 3.63) is 0 Å². The number of rotatable bonds is 10. The van der Waals surface area contributed by atoms with E-state index in [-0.39, 0.29) is 0 Å². The monoisotopic (exact) mass is 231 g/mol. The van der Waals surface area contributed by atoms with Gasteiger partial charge in [0.15, 0.2) is 0 Å². The molecule has 0 fully saturated rings. The lowest BCUT2D eigenvalue weighted by atomic mass is 9.93. The summed E-state index contributed by atoms with van der Waals surface area (Å²) in [6.45, 7) is 13.9. The second kappa shape index (κ2) is 10.1. The maximum atomic E-state index is 5.49. The predicted molar refractivity (Wildman–Crippen MR) is 68.9 cm³/mol. The van der Waals surface area contributed by atoms with Gasteiger partial charge in [-0.15, -0.1) is 0 Å². The molecule has 0 unspecified atom stereocenters. The maximum Gasteiger partial charge on any atom is 0.0701 e. The number of nitrogens with one attached hydrogen (secondary N) is 1. The van der Waals surface area contributed by atoms with Crippen LogP contribution in [0.25, 0.3) is 0 Å². The maximum absolute atomic E-state index is 5.49. The molecule has 3 heteroatoms. The average molecular weight is 231 g/mol. The first-order valence-corrected chi connectivity index (χ1v) is 6.42. The summed E-state index contributed by atoms with van der Waals surface area (Å²) in [5.74, 6) is 0. The Morgan fingerprint density at radius 2 is 1.50 bits per heavy atom. The van der Waals surface area contributed by atoms with Gasteiger partial charge in [0.2, 0.25) is 0 Å². The van der Waals surface area contributed by atoms with Crippen molar-refractivity contribution >= 4 is 0 Å². The number of hydrogen-bond acceptors (Lipinski definition) is 3. The van der Waals surface area contributed by atoms with Crippen molar-refractivity contribution in [3.63, 3.8) is 0 Å². The smallest absolute Gasteiger partial charge is 0.0701 e. The van der Waals surface area contributed by atoms with E-state index in [9.17, 15) is 0 Å². The second-order valence-electron chi connectivity index (χ2n) is 5.29. The highest BCUT2D eigenvalue weighted by Gasteiger charge is 2.08. The summed E-state index contributed by atoms with van der Waals surface area (Å²) in [7, 11) is 0. The van der Waals surface area contributed by atoms with Crippen LogP contribution in [0.5, 0.6) is 0 Å². The summed E-state index contributed by atoms with van der Waals surface area (Å²) >= 11 is 0. The van der Waals surface area contributed by atoms with E-state index >= 15 is 0 Å². The molecule has 0 bridgehead atoms. The van der Waals surface area contributed by atoms with Crippen LogP contribution in [0.15, 0.2) is 0 Å². The Morgan fingerprint density at radius 3 is 2.06 bits per heavy atom. The van der Waals surface area contributed by atoms with Gasteiger partial charge >= 0.3 is 0 Å². The molecule has 0 aliphatic carbocycles. The zero-order valence-corrected chi connectivity index (χ0v) is 11.5. The summed E-state index contributed by atoms with van der Waals surface area (Å²) < 4.78 is 10.9. The van der Waals surface area contributed by atoms with E-state index in [1.54, 1.807) is 0 Å². The molecule has 0 aliphatic heterocycles. The highest BCUT2D eigenvalue weighted by molar-refractivity contribution is 4.59. The lowest BCUT2D eigenvalue weighted by Crippen LogP contribution is -2.21. The number of hydrogen-bond donors (Lipinski definition) is 1. The molecule has 1 N–H and O–H groups in total. The Balaban J connectivity index is 2.99. The Morgan fingerprint density at radius 1 is 0.875 bits per heavy atom. The van der Waals surface area contributed by atoms with Crippen LogP contribution in [-0.4, -0.2) is 39.5 Å². The minimum atomic E-state index is 0.366. The quantitative estimate of drug-likeness (QED) is 0.586. The van der Waals surface area contributed by atoms with Crippen molar-refractivity contribution < 1.29 is 9.47 Å². The van der Waals surface area contributed by atoms with E-state index in [4.69, 9.17) is 9.47 Å². The van der Waals surface area contributed by atoms with Crippen LogP contribution in [0, 0.1) is 5.41 Å². The Hall–Kier alpha value is -0.120. The van der Waals surface area contributed by atoms with Crippen molar-refractivity contribution in [2.75, 3.05) is 39.5 Å². The standard InChI is InChI=1S/C13H29NO2/c1-5-7-14-8-10-16-12-11-15-9-6-13(2,3)4/h14H,5-12H2,1-4H3. The van der Waals surface area contributed by atoms with Crippen LogP contribution in [-0.2, 0) is 9.47 Å². The zero-order valence-electron chi connectivity index (χ0n) is 11.5. The van der Waals surface area contributed by atoms with E-state index in [1.165, 1.54) is 6.42 Å². The van der Waals surface area contributed by atoms with Crippen LogP contribution in [0.2, 0.25) is 0 Å². The molecular weight excluding hydrogens is 202 g/mol. The van der Waals surface area contributed by atoms with E-state index < -0.39 is 0 Å². The van der Waals surface area contributed by atoms with Gasteiger partial charge in [-0.2, -0.15) is 0 Å². The van der Waals surface area contributed by atoms with Crippen LogP contribution in [0.4, 0.5) is 0 Å². The minimum absolute atomic E-state index is 0.366. The third kappa shape index (κ3) is 13.9. The molecule has 16 heavy (non-hydrogen) atoms. The first-order chi connectivity index (χ1) is 7.56. The second-order valence-corrected chi connectivity index (χ2v) is 5.29. The third-order valence-corrected chi connectivity index (χ3v) is 2.22. The fraction of sp³-hybridized carbons (Fsp3) is 1.00. The summed E-state index contributed by atoms with van der Waals surface area (Å²) in [5.41, 5.74) is 0.366. The highest BCUT2D eigenvalue weighted by atomic mass is 16.5. The molecule has 0 saturated heterocycles. The van der Waals surface area contributed by atoms with E-state index in [0.29, 0.717) is 18.6 Å². The summed E-state index contributed by atoms with van der Waals surface area (Å²) in [5, 5.41) is 3.29. The number of ether oxygens (including phenoxy) is 2. The Labute approximate surface area is 101 Å². The van der Waals surface area contributed by atoms with Crippen molar-refractivity contribution in [3.8, 4) is 0 Å². The van der Waals surface area contributed by atoms with Crippen molar-refractivity contribution in [2.24, 2.45) is 5.41 Å². The van der Waals surface area contributed by atoms with Gasteiger partial charge in [0.1, 0.15) is 0 Å². The van der Waals surface area contributed by atoms with Crippen molar-refractivity contribution in [1.29, 1.82) is 0 Å². The first-order valence-electron chi connectivity index (χ1n) is 6.42. The van der Waals surface area contributed by atoms with Gasteiger partial charge in [-0.05, 0) is 24.8 Å². The molecule has 0 spiro atoms. The van der Waals surface area contributed by atoms with Gasteiger partial charge in [0.05, 0.1) is 19.8 Å². The minimum Gasteiger partial charge on any atom is -0.379 e. The molecule has 3 nitrogen and oxygen atoms in total. The molecule has 0 rings (SSSR count). The van der Waals surface area contributed by atoms with Crippen molar-refractivity contribution in [2.45, 2.75) is 40.5 Å². The summed E-state index contributed by atoms with van der Waals surface area (Å²) in [6.07, 6.45) is 2.28. The fourth-order valence-electron chi connectivity index (χ4n) is 1.15. The van der Waals surface area contributed by atoms with Crippen LogP contribution in [0.1, 0.15) is 40.5 Å². The lowest BCUT2D eigenvalue weighted by Gasteiger charge is -2.17. The molecule has 0 atom stereocenters. The topological polar surface area (TPSA) is 30.5 Å². The van der Waals surface area contributed by atoms with Gasteiger partial charge in [-0.3, -0.25) is 0 Å². The van der Waals surface area contributed by atoms with Gasteiger partial charge in [-0.25, -0.2) is 0 Å². The van der Waals surface area contributed by atoms with E-state index in [1.807, 2.05) is 0 Å². The summed E-state index contributed by atoms with van der Waals surface area (Å²) in [6, 6.07) is 0. The van der Waals surface area contributed by atoms with Crippen molar-refractivity contribution in [1.82, 2.24) is 5.32 Å². The van der Waals surface area contributed by atoms with Crippen LogP contribution < -0.4 is 5.32 Å².